The summed E-state index contributed by atoms with van der Waals surface area (Å²) in [7, 11) is -2.42. The van der Waals surface area contributed by atoms with E-state index < -0.39 is 56.7 Å². The zero-order valence-corrected chi connectivity index (χ0v) is 7.07. The van der Waals surface area contributed by atoms with E-state index in [4.69, 9.17) is 16.4 Å². The van der Waals surface area contributed by atoms with Gasteiger partial charge in [-0.25, -0.2) is 0 Å². The minimum Gasteiger partial charge on any atom is -0.423 e. The molecule has 3 nitrogen and oxygen atoms in total. The van der Waals surface area contributed by atoms with Gasteiger partial charge in [0.1, 0.15) is 0 Å². The van der Waals surface area contributed by atoms with E-state index in [0.717, 1.165) is 12.3 Å². The van der Waals surface area contributed by atoms with E-state index in [0.29, 0.717) is 0 Å². The summed E-state index contributed by atoms with van der Waals surface area (Å²) in [5.41, 5.74) is -6.81. The van der Waals surface area contributed by atoms with Crippen LogP contribution in [0.15, 0.2) is 12.3 Å². The van der Waals surface area contributed by atoms with Gasteiger partial charge in [-0.15, -0.1) is 0 Å². The first-order valence-electron chi connectivity index (χ1n) is 9.66. The van der Waals surface area contributed by atoms with Gasteiger partial charge in [0.2, 0.25) is 0 Å². The second kappa shape index (κ2) is 3.71. The number of hydrogen-bond donors (Lipinski definition) is 2. The Morgan fingerprint density at radius 1 is 1.43 bits per heavy atom. The summed E-state index contributed by atoms with van der Waals surface area (Å²) in [5, 5.41) is 18.8. The third-order valence-electron chi connectivity index (χ3n) is 1.62. The van der Waals surface area contributed by atoms with Gasteiger partial charge in [0.05, 0.1) is 0 Å². The van der Waals surface area contributed by atoms with Crippen molar-refractivity contribution in [2.75, 3.05) is 0 Å². The van der Waals surface area contributed by atoms with Crippen molar-refractivity contribution in [3.8, 4) is 0 Å². The first kappa shape index (κ1) is 3.06. The molecule has 76 valence electrons. The zero-order valence-electron chi connectivity index (χ0n) is 19.1. The maximum absolute atomic E-state index is 9.42. The van der Waals surface area contributed by atoms with Crippen LogP contribution in [0.25, 0.3) is 0 Å². The highest BCUT2D eigenvalue weighted by atomic mass is 16.4. The number of nitrogens with zero attached hydrogens (tertiary/aromatic N) is 1. The van der Waals surface area contributed by atoms with Gasteiger partial charge >= 0.3 is 7.12 Å². The molecule has 1 rings (SSSR count). The van der Waals surface area contributed by atoms with Crippen molar-refractivity contribution in [3.63, 3.8) is 0 Å². The highest BCUT2D eigenvalue weighted by Gasteiger charge is 2.23. The molecule has 2 N–H and O–H groups in total. The molecule has 0 aliphatic heterocycles. The predicted molar refractivity (Wildman–Crippen MR) is 57.5 cm³/mol. The van der Waals surface area contributed by atoms with Crippen LogP contribution in [0.1, 0.15) is 48.3 Å². The molecule has 1 aromatic heterocycles. The fourth-order valence-electron chi connectivity index (χ4n) is 0.976. The summed E-state index contributed by atoms with van der Waals surface area (Å²) in [4.78, 5) is 3.50. The number of hydrogen-bond acceptors (Lipinski definition) is 3. The molecule has 0 bridgehead atoms. The predicted octanol–water partition coefficient (Wildman–Crippen LogP) is 0.367. The molecule has 0 amide bonds. The van der Waals surface area contributed by atoms with Crippen LogP contribution in [-0.4, -0.2) is 22.2 Å². The lowest BCUT2D eigenvalue weighted by Gasteiger charge is -2.21. The van der Waals surface area contributed by atoms with E-state index >= 15 is 0 Å². The van der Waals surface area contributed by atoms with Crippen LogP contribution >= 0.6 is 0 Å². The van der Waals surface area contributed by atoms with E-state index in [9.17, 15) is 10.0 Å². The standard InChI is InChI=1S/C10H16BNO2/c1-7-8(11(13)14)5-6-12-9(7)10(2,3)4/h5-6,13-14H,1-4H3/i1D3,2D3,3D3,4D3. The largest absolute Gasteiger partial charge is 0.488 e. The molecule has 0 spiro atoms. The Morgan fingerprint density at radius 2 is 2.14 bits per heavy atom. The Bertz CT molecular complexity index is 624. The summed E-state index contributed by atoms with van der Waals surface area (Å²) in [6, 6.07) is 0.833. The molecular weight excluding hydrogens is 177 g/mol. The normalized spacial score (nSPS) is 27.9. The number of pyridine rings is 1. The Hall–Kier alpha value is -0.865. The van der Waals surface area contributed by atoms with Crippen LogP contribution in [-0.2, 0) is 5.41 Å². The van der Waals surface area contributed by atoms with E-state index in [-0.39, 0.29) is 0 Å². The van der Waals surface area contributed by atoms with Gasteiger partial charge in [0.25, 0.3) is 0 Å². The molecule has 0 aliphatic carbocycles. The summed E-state index contributed by atoms with van der Waals surface area (Å²) in [6.45, 7) is -14.4. The van der Waals surface area contributed by atoms with Gasteiger partial charge in [-0.2, -0.15) is 0 Å². The molecule has 0 fully saturated rings. The summed E-state index contributed by atoms with van der Waals surface area (Å²) >= 11 is 0. The minimum absolute atomic E-state index is 0.733. The van der Waals surface area contributed by atoms with E-state index in [1.807, 2.05) is 0 Å². The smallest absolute Gasteiger partial charge is 0.423 e. The fraction of sp³-hybridized carbons (Fsp3) is 0.500. The molecule has 1 heterocycles. The van der Waals surface area contributed by atoms with Crippen LogP contribution in [0.2, 0.25) is 0 Å². The number of aromatic nitrogens is 1. The lowest BCUT2D eigenvalue weighted by atomic mass is 9.74. The molecular formula is C10H16BNO2. The molecule has 14 heavy (non-hydrogen) atoms. The molecule has 0 radical (unpaired) electrons. The average molecular weight is 205 g/mol. The van der Waals surface area contributed by atoms with Gasteiger partial charge < -0.3 is 10.0 Å². The summed E-state index contributed by atoms with van der Waals surface area (Å²) in [5.74, 6) is 0. The minimum atomic E-state index is -3.73. The first-order valence-corrected chi connectivity index (χ1v) is 3.66. The zero-order chi connectivity index (χ0) is 20.9. The lowest BCUT2D eigenvalue weighted by Crippen LogP contribution is -2.34. The van der Waals surface area contributed by atoms with Crippen molar-refractivity contribution in [2.45, 2.75) is 32.8 Å². The third kappa shape index (κ3) is 2.14. The van der Waals surface area contributed by atoms with Crippen LogP contribution in [0.5, 0.6) is 0 Å². The highest BCUT2D eigenvalue weighted by Crippen LogP contribution is 2.21. The Labute approximate surface area is 102 Å². The van der Waals surface area contributed by atoms with Crippen molar-refractivity contribution in [1.29, 1.82) is 0 Å². The molecule has 1 aromatic rings. The second-order valence-corrected chi connectivity index (χ2v) is 2.75. The Kier molecular flexibility index (Phi) is 0.812. The van der Waals surface area contributed by atoms with Crippen molar-refractivity contribution >= 4 is 12.6 Å². The molecule has 4 heteroatoms. The summed E-state index contributed by atoms with van der Waals surface area (Å²) < 4.78 is 91.3. The maximum Gasteiger partial charge on any atom is 0.488 e. The van der Waals surface area contributed by atoms with Crippen LogP contribution < -0.4 is 5.46 Å². The van der Waals surface area contributed by atoms with Crippen molar-refractivity contribution in [3.05, 3.63) is 23.5 Å². The lowest BCUT2D eigenvalue weighted by molar-refractivity contribution is 0.425. The highest BCUT2D eigenvalue weighted by molar-refractivity contribution is 6.59. The van der Waals surface area contributed by atoms with Crippen molar-refractivity contribution < 1.29 is 26.5 Å². The van der Waals surface area contributed by atoms with E-state index in [1.165, 1.54) is 0 Å². The molecule has 0 unspecified atom stereocenters. The maximum atomic E-state index is 9.42. The van der Waals surface area contributed by atoms with Crippen LogP contribution in [0.3, 0.4) is 0 Å². The van der Waals surface area contributed by atoms with Gasteiger partial charge in [-0.3, -0.25) is 4.98 Å². The summed E-state index contributed by atoms with van der Waals surface area (Å²) in [6.07, 6.45) is 0.733. The van der Waals surface area contributed by atoms with E-state index in [2.05, 4.69) is 4.98 Å². The molecule has 0 atom stereocenters. The Balaban J connectivity index is 4.25. The van der Waals surface area contributed by atoms with E-state index in [1.54, 1.807) is 0 Å². The third-order valence-corrected chi connectivity index (χ3v) is 1.62. The molecule has 0 aromatic carbocycles. The topological polar surface area (TPSA) is 53.4 Å². The van der Waals surface area contributed by atoms with Crippen molar-refractivity contribution in [2.24, 2.45) is 0 Å². The fourth-order valence-corrected chi connectivity index (χ4v) is 0.976. The van der Waals surface area contributed by atoms with Crippen molar-refractivity contribution in [1.82, 2.24) is 4.98 Å². The van der Waals surface area contributed by atoms with Gasteiger partial charge in [0.15, 0.2) is 0 Å². The SMILES string of the molecule is [2H]C([2H])([2H])c1c(B(O)O)ccnc1C(C([2H])([2H])[2H])(C([2H])([2H])[2H])C([2H])([2H])[2H]. The van der Waals surface area contributed by atoms with Gasteiger partial charge in [0, 0.05) is 33.8 Å². The Morgan fingerprint density at radius 3 is 2.64 bits per heavy atom. The average Bonchev–Trinajstić information content (AvgIpc) is 2.31. The molecule has 0 saturated heterocycles. The first-order chi connectivity index (χ1) is 11.3. The van der Waals surface area contributed by atoms with Gasteiger partial charge in [-0.05, 0) is 23.9 Å². The molecule has 0 saturated carbocycles. The van der Waals surface area contributed by atoms with Gasteiger partial charge in [-0.1, -0.05) is 20.6 Å². The van der Waals surface area contributed by atoms with Crippen LogP contribution in [0.4, 0.5) is 0 Å². The quantitative estimate of drug-likeness (QED) is 0.651. The number of rotatable bonds is 1. The van der Waals surface area contributed by atoms with Crippen LogP contribution in [0, 0.1) is 6.85 Å². The second-order valence-electron chi connectivity index (χ2n) is 2.75. The molecule has 0 aliphatic rings. The monoisotopic (exact) mass is 205 g/mol.